The van der Waals surface area contributed by atoms with Gasteiger partial charge < -0.3 is 5.32 Å². The van der Waals surface area contributed by atoms with Crippen LogP contribution in [-0.4, -0.2) is 6.54 Å². The average Bonchev–Trinajstić information content (AvgIpc) is 2.38. The second-order valence-electron chi connectivity index (χ2n) is 4.18. The van der Waals surface area contributed by atoms with E-state index in [4.69, 9.17) is 0 Å². The molecule has 0 radical (unpaired) electrons. The molecule has 0 spiro atoms. The summed E-state index contributed by atoms with van der Waals surface area (Å²) in [5.41, 5.74) is 2.61. The topological polar surface area (TPSA) is 12.0 Å². The van der Waals surface area contributed by atoms with Crippen LogP contribution in [0.15, 0.2) is 54.6 Å². The van der Waals surface area contributed by atoms with Gasteiger partial charge in [0.2, 0.25) is 0 Å². The Hall–Kier alpha value is -2.09. The number of aryl methyl sites for hydroxylation is 1. The lowest BCUT2D eigenvalue weighted by Crippen LogP contribution is -2.00. The Morgan fingerprint density at radius 3 is 2.61 bits per heavy atom. The van der Waals surface area contributed by atoms with Crippen molar-refractivity contribution in [3.05, 3.63) is 71.6 Å². The highest BCUT2D eigenvalue weighted by atomic mass is 19.1. The molecule has 1 N–H and O–H groups in total. The van der Waals surface area contributed by atoms with Crippen molar-refractivity contribution in [3.63, 3.8) is 0 Å². The molecule has 0 saturated heterocycles. The van der Waals surface area contributed by atoms with Crippen LogP contribution in [0.2, 0.25) is 0 Å². The Balaban J connectivity index is 1.91. The number of benzene rings is 2. The first kappa shape index (κ1) is 12.4. The standard InChI is InChI=1S/C16H16FN/c1-13-9-10-16(15(17)12-13)18-11-5-8-14-6-3-2-4-7-14/h2-10,12,18H,11H2,1H3. The largest absolute Gasteiger partial charge is 0.379 e. The van der Waals surface area contributed by atoms with E-state index in [9.17, 15) is 4.39 Å². The summed E-state index contributed by atoms with van der Waals surface area (Å²) >= 11 is 0. The fourth-order valence-corrected chi connectivity index (χ4v) is 1.69. The third-order valence-corrected chi connectivity index (χ3v) is 2.64. The van der Waals surface area contributed by atoms with Crippen molar-refractivity contribution >= 4 is 11.8 Å². The Kier molecular flexibility index (Phi) is 4.13. The van der Waals surface area contributed by atoms with Gasteiger partial charge in [0.05, 0.1) is 5.69 Å². The zero-order valence-electron chi connectivity index (χ0n) is 10.4. The smallest absolute Gasteiger partial charge is 0.146 e. The number of anilines is 1. The SMILES string of the molecule is Cc1ccc(NCC=Cc2ccccc2)c(F)c1. The summed E-state index contributed by atoms with van der Waals surface area (Å²) in [6.45, 7) is 2.48. The van der Waals surface area contributed by atoms with Crippen LogP contribution in [0.1, 0.15) is 11.1 Å². The number of rotatable bonds is 4. The van der Waals surface area contributed by atoms with Gasteiger partial charge in [-0.15, -0.1) is 0 Å². The molecule has 0 aliphatic carbocycles. The summed E-state index contributed by atoms with van der Waals surface area (Å²) in [4.78, 5) is 0. The maximum absolute atomic E-state index is 13.5. The summed E-state index contributed by atoms with van der Waals surface area (Å²) in [5, 5.41) is 3.05. The van der Waals surface area contributed by atoms with Crippen molar-refractivity contribution < 1.29 is 4.39 Å². The van der Waals surface area contributed by atoms with Crippen LogP contribution in [0.4, 0.5) is 10.1 Å². The molecule has 92 valence electrons. The zero-order valence-corrected chi connectivity index (χ0v) is 10.4. The van der Waals surface area contributed by atoms with Crippen LogP contribution in [0.3, 0.4) is 0 Å². The van der Waals surface area contributed by atoms with Gasteiger partial charge in [0, 0.05) is 6.54 Å². The molecule has 2 rings (SSSR count). The normalized spacial score (nSPS) is 10.8. The van der Waals surface area contributed by atoms with E-state index in [0.717, 1.165) is 11.1 Å². The van der Waals surface area contributed by atoms with Gasteiger partial charge >= 0.3 is 0 Å². The van der Waals surface area contributed by atoms with Gasteiger partial charge in [-0.3, -0.25) is 0 Å². The molecule has 0 aliphatic rings. The van der Waals surface area contributed by atoms with Crippen LogP contribution in [0, 0.1) is 12.7 Å². The molecule has 2 heteroatoms. The van der Waals surface area contributed by atoms with Gasteiger partial charge in [-0.2, -0.15) is 0 Å². The molecule has 0 aliphatic heterocycles. The van der Waals surface area contributed by atoms with Crippen molar-refractivity contribution in [2.45, 2.75) is 6.92 Å². The third-order valence-electron chi connectivity index (χ3n) is 2.64. The van der Waals surface area contributed by atoms with Gasteiger partial charge in [-0.1, -0.05) is 48.6 Å². The molecule has 18 heavy (non-hydrogen) atoms. The second-order valence-corrected chi connectivity index (χ2v) is 4.18. The fourth-order valence-electron chi connectivity index (χ4n) is 1.69. The summed E-state index contributed by atoms with van der Waals surface area (Å²) in [7, 11) is 0. The van der Waals surface area contributed by atoms with E-state index in [1.807, 2.05) is 55.5 Å². The van der Waals surface area contributed by atoms with Crippen molar-refractivity contribution in [1.82, 2.24) is 0 Å². The molecule has 2 aromatic rings. The lowest BCUT2D eigenvalue weighted by Gasteiger charge is -2.05. The van der Waals surface area contributed by atoms with Gasteiger partial charge in [0.15, 0.2) is 0 Å². The van der Waals surface area contributed by atoms with E-state index in [1.165, 1.54) is 6.07 Å². The Morgan fingerprint density at radius 2 is 1.89 bits per heavy atom. The van der Waals surface area contributed by atoms with Crippen LogP contribution in [0.25, 0.3) is 6.08 Å². The monoisotopic (exact) mass is 241 g/mol. The first-order valence-electron chi connectivity index (χ1n) is 5.97. The second kappa shape index (κ2) is 6.01. The molecule has 1 nitrogen and oxygen atoms in total. The maximum Gasteiger partial charge on any atom is 0.146 e. The fraction of sp³-hybridized carbons (Fsp3) is 0.125. The highest BCUT2D eigenvalue weighted by molar-refractivity contribution is 5.51. The Bertz CT molecular complexity index is 532. The molecule has 0 amide bonds. The quantitative estimate of drug-likeness (QED) is 0.843. The number of hydrogen-bond donors (Lipinski definition) is 1. The summed E-state index contributed by atoms with van der Waals surface area (Å²) in [6.07, 6.45) is 3.99. The number of hydrogen-bond acceptors (Lipinski definition) is 1. The van der Waals surface area contributed by atoms with Crippen molar-refractivity contribution in [3.8, 4) is 0 Å². The van der Waals surface area contributed by atoms with Gasteiger partial charge in [-0.05, 0) is 30.2 Å². The molecule has 2 aromatic carbocycles. The minimum Gasteiger partial charge on any atom is -0.379 e. The van der Waals surface area contributed by atoms with Crippen LogP contribution in [0.5, 0.6) is 0 Å². The minimum absolute atomic E-state index is 0.205. The molecular weight excluding hydrogens is 225 g/mol. The highest BCUT2D eigenvalue weighted by Crippen LogP contribution is 2.14. The summed E-state index contributed by atoms with van der Waals surface area (Å²) in [5.74, 6) is -0.205. The van der Waals surface area contributed by atoms with Gasteiger partial charge in [0.25, 0.3) is 0 Å². The van der Waals surface area contributed by atoms with Crippen molar-refractivity contribution in [1.29, 1.82) is 0 Å². The average molecular weight is 241 g/mol. The van der Waals surface area contributed by atoms with Gasteiger partial charge in [0.1, 0.15) is 5.82 Å². The van der Waals surface area contributed by atoms with E-state index >= 15 is 0 Å². The van der Waals surface area contributed by atoms with E-state index in [2.05, 4.69) is 5.32 Å². The maximum atomic E-state index is 13.5. The van der Waals surface area contributed by atoms with Gasteiger partial charge in [-0.25, -0.2) is 4.39 Å². The predicted octanol–water partition coefficient (Wildman–Crippen LogP) is 4.26. The van der Waals surface area contributed by atoms with Crippen LogP contribution >= 0.6 is 0 Å². The van der Waals surface area contributed by atoms with E-state index < -0.39 is 0 Å². The molecule has 0 heterocycles. The third kappa shape index (κ3) is 3.45. The van der Waals surface area contributed by atoms with E-state index in [-0.39, 0.29) is 5.82 Å². The zero-order chi connectivity index (χ0) is 12.8. The lowest BCUT2D eigenvalue weighted by molar-refractivity contribution is 0.629. The van der Waals surface area contributed by atoms with E-state index in [1.54, 1.807) is 6.07 Å². The number of halogens is 1. The Labute approximate surface area is 107 Å². The van der Waals surface area contributed by atoms with Crippen molar-refractivity contribution in [2.24, 2.45) is 0 Å². The molecule has 0 bridgehead atoms. The number of nitrogens with one attached hydrogen (secondary N) is 1. The predicted molar refractivity (Wildman–Crippen MR) is 75.1 cm³/mol. The molecule has 0 fully saturated rings. The van der Waals surface area contributed by atoms with Crippen molar-refractivity contribution in [2.75, 3.05) is 11.9 Å². The van der Waals surface area contributed by atoms with Crippen LogP contribution in [-0.2, 0) is 0 Å². The molecule has 0 saturated carbocycles. The Morgan fingerprint density at radius 1 is 1.11 bits per heavy atom. The summed E-state index contributed by atoms with van der Waals surface area (Å²) < 4.78 is 13.5. The first-order valence-corrected chi connectivity index (χ1v) is 5.97. The van der Waals surface area contributed by atoms with Crippen LogP contribution < -0.4 is 5.32 Å². The molecule has 0 aromatic heterocycles. The highest BCUT2D eigenvalue weighted by Gasteiger charge is 1.99. The minimum atomic E-state index is -0.205. The molecule has 0 atom stereocenters. The summed E-state index contributed by atoms with van der Waals surface area (Å²) in [6, 6.07) is 15.2. The van der Waals surface area contributed by atoms with E-state index in [0.29, 0.717) is 12.2 Å². The molecular formula is C16H16FN. The first-order chi connectivity index (χ1) is 8.75. The molecule has 0 unspecified atom stereocenters. The lowest BCUT2D eigenvalue weighted by atomic mass is 10.2.